The van der Waals surface area contributed by atoms with Crippen molar-refractivity contribution in [1.82, 2.24) is 0 Å². The van der Waals surface area contributed by atoms with E-state index in [0.29, 0.717) is 11.3 Å². The van der Waals surface area contributed by atoms with Crippen molar-refractivity contribution in [1.29, 1.82) is 5.26 Å². The van der Waals surface area contributed by atoms with Gasteiger partial charge in [-0.25, -0.2) is 9.78 Å². The molecule has 4 heteroatoms. The molecule has 1 aromatic rings. The van der Waals surface area contributed by atoms with Crippen LogP contribution < -0.4 is 0 Å². The maximum atomic E-state index is 10.4. The number of rotatable bonds is 6. The Hall–Kier alpha value is -1.83. The quantitative estimate of drug-likeness (QED) is 0.477. The smallest absolute Gasteiger partial charge is 0.125 e. The highest BCUT2D eigenvalue weighted by atomic mass is 17.2. The van der Waals surface area contributed by atoms with Crippen LogP contribution in [0.15, 0.2) is 17.7 Å². The molecule has 0 bridgehead atoms. The predicted octanol–water partition coefficient (Wildman–Crippen LogP) is 4.51. The fourth-order valence-corrected chi connectivity index (χ4v) is 2.28. The van der Waals surface area contributed by atoms with Gasteiger partial charge in [0.25, 0.3) is 0 Å². The molecule has 1 aromatic carbocycles. The second kappa shape index (κ2) is 7.98. The Balaban J connectivity index is 3.38. The second-order valence-corrected chi connectivity index (χ2v) is 5.97. The Morgan fingerprint density at radius 2 is 1.64 bits per heavy atom. The molecule has 1 N–H and O–H groups in total. The molecule has 1 atom stereocenters. The topological polar surface area (TPSA) is 62.5 Å². The number of hydrogen-bond acceptors (Lipinski definition) is 4. The van der Waals surface area contributed by atoms with Crippen LogP contribution >= 0.6 is 0 Å². The van der Waals surface area contributed by atoms with Crippen LogP contribution in [-0.4, -0.2) is 18.3 Å². The Kier molecular flexibility index (Phi) is 6.61. The summed E-state index contributed by atoms with van der Waals surface area (Å²) in [6, 6.07) is 5.98. The number of benzene rings is 1. The number of phenolic OH excluding ortho intramolecular Hbond substituents is 1. The van der Waals surface area contributed by atoms with Gasteiger partial charge in [-0.1, -0.05) is 27.7 Å². The van der Waals surface area contributed by atoms with E-state index in [9.17, 15) is 10.4 Å². The van der Waals surface area contributed by atoms with Crippen molar-refractivity contribution >= 4 is 6.08 Å². The summed E-state index contributed by atoms with van der Waals surface area (Å²) in [5, 5.41) is 19.7. The highest BCUT2D eigenvalue weighted by Gasteiger charge is 2.16. The van der Waals surface area contributed by atoms with E-state index in [-0.39, 0.29) is 11.8 Å². The van der Waals surface area contributed by atoms with Crippen molar-refractivity contribution in [3.63, 3.8) is 0 Å². The normalized spacial score (nSPS) is 13.5. The van der Waals surface area contributed by atoms with Gasteiger partial charge in [0.05, 0.1) is 18.8 Å². The van der Waals surface area contributed by atoms with Gasteiger partial charge in [-0.05, 0) is 53.7 Å². The lowest BCUT2D eigenvalue weighted by atomic mass is 9.91. The van der Waals surface area contributed by atoms with Crippen LogP contribution in [0.25, 0.3) is 6.08 Å². The van der Waals surface area contributed by atoms with Crippen molar-refractivity contribution in [2.75, 3.05) is 7.11 Å². The first kappa shape index (κ1) is 18.2. The van der Waals surface area contributed by atoms with Crippen LogP contribution in [0.4, 0.5) is 0 Å². The molecular weight excluding hydrogens is 278 g/mol. The minimum Gasteiger partial charge on any atom is -0.507 e. The van der Waals surface area contributed by atoms with Crippen LogP contribution in [0.2, 0.25) is 0 Å². The third-order valence-corrected chi connectivity index (χ3v) is 3.57. The number of nitriles is 1. The van der Waals surface area contributed by atoms with Gasteiger partial charge in [0.2, 0.25) is 0 Å². The maximum Gasteiger partial charge on any atom is 0.125 e. The van der Waals surface area contributed by atoms with Gasteiger partial charge in [-0.3, -0.25) is 0 Å². The van der Waals surface area contributed by atoms with Gasteiger partial charge in [-0.2, -0.15) is 5.26 Å². The van der Waals surface area contributed by atoms with Gasteiger partial charge in [0.1, 0.15) is 11.9 Å². The average Bonchev–Trinajstić information content (AvgIpc) is 2.45. The highest BCUT2D eigenvalue weighted by Crippen LogP contribution is 2.35. The molecule has 1 rings (SSSR count). The van der Waals surface area contributed by atoms with Gasteiger partial charge in [-0.15, -0.1) is 0 Å². The molecule has 0 radical (unpaired) electrons. The summed E-state index contributed by atoms with van der Waals surface area (Å²) in [4.78, 5) is 9.64. The number of nitrogens with zero attached hydrogens (tertiary/aromatic N) is 1. The van der Waals surface area contributed by atoms with E-state index in [1.807, 2.05) is 39.8 Å². The first-order chi connectivity index (χ1) is 10.3. The molecule has 22 heavy (non-hydrogen) atoms. The second-order valence-electron chi connectivity index (χ2n) is 5.97. The molecule has 0 spiro atoms. The summed E-state index contributed by atoms with van der Waals surface area (Å²) in [6.45, 7) is 9.90. The van der Waals surface area contributed by atoms with E-state index in [1.165, 1.54) is 7.11 Å². The Labute approximate surface area is 132 Å². The standard InChI is InChI=1S/C18H25NO3/c1-11(2)16-8-14(9-17(12(3)4)18(16)20)7-15(10-19)13(5)22-21-6/h7-9,11-13,20H,1-6H3/b15-7+. The Bertz CT molecular complexity index is 553. The summed E-state index contributed by atoms with van der Waals surface area (Å²) in [5.41, 5.74) is 3.12. The van der Waals surface area contributed by atoms with Crippen molar-refractivity contribution in [3.05, 3.63) is 34.4 Å². The molecular formula is C18H25NO3. The van der Waals surface area contributed by atoms with Gasteiger partial charge in [0, 0.05) is 0 Å². The summed E-state index contributed by atoms with van der Waals surface area (Å²) in [5.74, 6) is 0.745. The van der Waals surface area contributed by atoms with Crippen molar-refractivity contribution in [2.24, 2.45) is 0 Å². The molecule has 0 heterocycles. The Morgan fingerprint density at radius 1 is 1.14 bits per heavy atom. The minimum atomic E-state index is -0.450. The van der Waals surface area contributed by atoms with E-state index in [2.05, 4.69) is 11.0 Å². The predicted molar refractivity (Wildman–Crippen MR) is 87.4 cm³/mol. The molecule has 0 saturated carbocycles. The van der Waals surface area contributed by atoms with Crippen molar-refractivity contribution in [3.8, 4) is 11.8 Å². The third kappa shape index (κ3) is 4.33. The fraction of sp³-hybridized carbons (Fsp3) is 0.500. The molecule has 0 amide bonds. The molecule has 1 unspecified atom stereocenters. The minimum absolute atomic E-state index is 0.198. The zero-order valence-electron chi connectivity index (χ0n) is 14.2. The van der Waals surface area contributed by atoms with E-state index in [1.54, 1.807) is 13.0 Å². The molecule has 0 aliphatic carbocycles. The summed E-state index contributed by atoms with van der Waals surface area (Å²) in [7, 11) is 1.42. The lowest BCUT2D eigenvalue weighted by Crippen LogP contribution is -2.09. The van der Waals surface area contributed by atoms with E-state index in [4.69, 9.17) is 4.89 Å². The third-order valence-electron chi connectivity index (χ3n) is 3.57. The summed E-state index contributed by atoms with van der Waals surface area (Å²) >= 11 is 0. The van der Waals surface area contributed by atoms with Gasteiger partial charge in [0.15, 0.2) is 0 Å². The van der Waals surface area contributed by atoms with Crippen LogP contribution in [-0.2, 0) is 9.78 Å². The van der Waals surface area contributed by atoms with Crippen LogP contribution in [0.3, 0.4) is 0 Å². The fourth-order valence-electron chi connectivity index (χ4n) is 2.28. The first-order valence-corrected chi connectivity index (χ1v) is 7.49. The van der Waals surface area contributed by atoms with E-state index in [0.717, 1.165) is 16.7 Å². The van der Waals surface area contributed by atoms with Gasteiger partial charge >= 0.3 is 0 Å². The van der Waals surface area contributed by atoms with Gasteiger partial charge < -0.3 is 5.11 Å². The van der Waals surface area contributed by atoms with Crippen LogP contribution in [0.1, 0.15) is 63.1 Å². The summed E-state index contributed by atoms with van der Waals surface area (Å²) in [6.07, 6.45) is 1.33. The molecule has 0 saturated heterocycles. The molecule has 4 nitrogen and oxygen atoms in total. The zero-order valence-corrected chi connectivity index (χ0v) is 14.2. The van der Waals surface area contributed by atoms with E-state index >= 15 is 0 Å². The zero-order chi connectivity index (χ0) is 16.9. The highest BCUT2D eigenvalue weighted by molar-refractivity contribution is 5.62. The van der Waals surface area contributed by atoms with E-state index < -0.39 is 6.10 Å². The lowest BCUT2D eigenvalue weighted by molar-refractivity contribution is -0.290. The average molecular weight is 303 g/mol. The Morgan fingerprint density at radius 3 is 2.00 bits per heavy atom. The first-order valence-electron chi connectivity index (χ1n) is 7.49. The largest absolute Gasteiger partial charge is 0.507 e. The monoisotopic (exact) mass is 303 g/mol. The molecule has 0 aliphatic heterocycles. The molecule has 120 valence electrons. The van der Waals surface area contributed by atoms with Crippen LogP contribution in [0.5, 0.6) is 5.75 Å². The molecule has 0 aromatic heterocycles. The number of hydrogen-bond donors (Lipinski definition) is 1. The summed E-state index contributed by atoms with van der Waals surface area (Å²) < 4.78 is 0. The van der Waals surface area contributed by atoms with Crippen LogP contribution in [0, 0.1) is 11.3 Å². The van der Waals surface area contributed by atoms with Crippen molar-refractivity contribution < 1.29 is 14.9 Å². The number of phenols is 1. The lowest BCUT2D eigenvalue weighted by Gasteiger charge is -2.17. The molecule has 0 fully saturated rings. The maximum absolute atomic E-state index is 10.4. The molecule has 0 aliphatic rings. The number of aromatic hydroxyl groups is 1. The SMILES string of the molecule is COOC(C)/C(C#N)=C/c1cc(C(C)C)c(O)c(C(C)C)c1. The van der Waals surface area contributed by atoms with Crippen molar-refractivity contribution in [2.45, 2.75) is 52.6 Å².